The molecule has 0 aliphatic rings. The maximum Gasteiger partial charge on any atom is 0.106 e. The van der Waals surface area contributed by atoms with Crippen molar-refractivity contribution >= 4 is 32.7 Å². The Hall–Kier alpha value is -3.17. The predicted octanol–water partition coefficient (Wildman–Crippen LogP) is 5.44. The molecule has 0 aliphatic heterocycles. The summed E-state index contributed by atoms with van der Waals surface area (Å²) in [5.74, 6) is 0. The zero-order chi connectivity index (χ0) is 18.4. The summed E-state index contributed by atoms with van der Waals surface area (Å²) >= 11 is 0. The zero-order valence-electron chi connectivity index (χ0n) is 15.1. The molecule has 3 heteroatoms. The average Bonchev–Trinajstić information content (AvgIpc) is 3.05. The van der Waals surface area contributed by atoms with Gasteiger partial charge in [-0.25, -0.2) is 0 Å². The maximum atomic E-state index is 11.1. The maximum absolute atomic E-state index is 11.1. The minimum Gasteiger partial charge on any atom is -0.384 e. The molecule has 0 saturated heterocycles. The quantitative estimate of drug-likeness (QED) is 0.469. The van der Waals surface area contributed by atoms with E-state index in [0.29, 0.717) is 0 Å². The van der Waals surface area contributed by atoms with E-state index >= 15 is 0 Å². The molecule has 0 fully saturated rings. The smallest absolute Gasteiger partial charge is 0.106 e. The molecule has 0 saturated carbocycles. The minimum atomic E-state index is -0.711. The third kappa shape index (κ3) is 2.43. The van der Waals surface area contributed by atoms with E-state index in [2.05, 4.69) is 52.9 Å². The standard InChI is InChI=1S/C24H20N2O/c1-2-26-21-11-4-3-9-18(21)20-15-17(12-13-22(20)26)24(27)19-10-5-7-16-8-6-14-25-23(16)19/h3-15,24,27H,2H2,1H3/t24-/m1/s1. The monoisotopic (exact) mass is 352 g/mol. The Bertz CT molecular complexity index is 1280. The number of hydrogen-bond acceptors (Lipinski definition) is 2. The Morgan fingerprint density at radius 2 is 1.70 bits per heavy atom. The van der Waals surface area contributed by atoms with Crippen molar-refractivity contribution in [1.82, 2.24) is 9.55 Å². The molecule has 0 unspecified atom stereocenters. The second kappa shape index (κ2) is 6.22. The number of aliphatic hydroxyl groups excluding tert-OH is 1. The van der Waals surface area contributed by atoms with Crippen LogP contribution in [0.25, 0.3) is 32.7 Å². The molecule has 0 amide bonds. The van der Waals surface area contributed by atoms with Crippen molar-refractivity contribution in [3.05, 3.63) is 90.1 Å². The highest BCUT2D eigenvalue weighted by molar-refractivity contribution is 6.08. The first kappa shape index (κ1) is 16.0. The van der Waals surface area contributed by atoms with E-state index in [0.717, 1.165) is 28.6 Å². The molecule has 0 spiro atoms. The molecule has 1 N–H and O–H groups in total. The fourth-order valence-electron chi connectivity index (χ4n) is 4.11. The van der Waals surface area contributed by atoms with Gasteiger partial charge in [-0.3, -0.25) is 4.98 Å². The summed E-state index contributed by atoms with van der Waals surface area (Å²) in [6.07, 6.45) is 1.06. The van der Waals surface area contributed by atoms with E-state index < -0.39 is 6.10 Å². The lowest BCUT2D eigenvalue weighted by Crippen LogP contribution is -2.01. The molecule has 0 aliphatic carbocycles. The van der Waals surface area contributed by atoms with Crippen LogP contribution in [-0.4, -0.2) is 14.7 Å². The highest BCUT2D eigenvalue weighted by atomic mass is 16.3. The molecule has 1 atom stereocenters. The lowest BCUT2D eigenvalue weighted by Gasteiger charge is -2.14. The van der Waals surface area contributed by atoms with Gasteiger partial charge < -0.3 is 9.67 Å². The van der Waals surface area contributed by atoms with Crippen LogP contribution < -0.4 is 0 Å². The van der Waals surface area contributed by atoms with Gasteiger partial charge in [0.05, 0.1) is 5.52 Å². The average molecular weight is 352 g/mol. The van der Waals surface area contributed by atoms with Crippen LogP contribution in [0.5, 0.6) is 0 Å². The van der Waals surface area contributed by atoms with Gasteiger partial charge in [-0.2, -0.15) is 0 Å². The lowest BCUT2D eigenvalue weighted by atomic mass is 9.97. The third-order valence-corrected chi connectivity index (χ3v) is 5.39. The number of para-hydroxylation sites is 2. The number of rotatable bonds is 3. The SMILES string of the molecule is CCn1c2ccccc2c2cc([C@@H](O)c3cccc4cccnc34)ccc21. The number of fused-ring (bicyclic) bond motifs is 4. The van der Waals surface area contributed by atoms with E-state index in [1.54, 1.807) is 6.20 Å². The molecular weight excluding hydrogens is 332 g/mol. The second-order valence-electron chi connectivity index (χ2n) is 6.86. The number of nitrogens with zero attached hydrogens (tertiary/aromatic N) is 2. The molecule has 2 heterocycles. The van der Waals surface area contributed by atoms with Gasteiger partial charge in [0.15, 0.2) is 0 Å². The highest BCUT2D eigenvalue weighted by Gasteiger charge is 2.17. The zero-order valence-corrected chi connectivity index (χ0v) is 15.1. The van der Waals surface area contributed by atoms with Crippen molar-refractivity contribution in [2.45, 2.75) is 19.6 Å². The van der Waals surface area contributed by atoms with Gasteiger partial charge in [0, 0.05) is 45.5 Å². The van der Waals surface area contributed by atoms with Crippen molar-refractivity contribution < 1.29 is 5.11 Å². The first-order valence-corrected chi connectivity index (χ1v) is 9.30. The summed E-state index contributed by atoms with van der Waals surface area (Å²) in [4.78, 5) is 4.49. The number of aliphatic hydroxyl groups is 1. The number of hydrogen-bond donors (Lipinski definition) is 1. The van der Waals surface area contributed by atoms with Gasteiger partial charge in [0.25, 0.3) is 0 Å². The van der Waals surface area contributed by atoms with Crippen LogP contribution in [0, 0.1) is 0 Å². The second-order valence-corrected chi connectivity index (χ2v) is 6.86. The predicted molar refractivity (Wildman–Crippen MR) is 111 cm³/mol. The number of aromatic nitrogens is 2. The normalized spacial score (nSPS) is 12.8. The fourth-order valence-corrected chi connectivity index (χ4v) is 4.11. The van der Waals surface area contributed by atoms with Crippen LogP contribution in [0.1, 0.15) is 24.2 Å². The molecule has 5 rings (SSSR count). The van der Waals surface area contributed by atoms with Crippen LogP contribution in [0.15, 0.2) is 79.0 Å². The molecule has 3 aromatic carbocycles. The van der Waals surface area contributed by atoms with Gasteiger partial charge in [-0.1, -0.05) is 48.5 Å². The Kier molecular flexibility index (Phi) is 3.69. The van der Waals surface area contributed by atoms with Crippen LogP contribution in [0.4, 0.5) is 0 Å². The summed E-state index contributed by atoms with van der Waals surface area (Å²) in [7, 11) is 0. The van der Waals surface area contributed by atoms with Crippen LogP contribution in [-0.2, 0) is 6.54 Å². The fraction of sp³-hybridized carbons (Fsp3) is 0.125. The molecule has 3 nitrogen and oxygen atoms in total. The lowest BCUT2D eigenvalue weighted by molar-refractivity contribution is 0.222. The summed E-state index contributed by atoms with van der Waals surface area (Å²) < 4.78 is 2.32. The van der Waals surface area contributed by atoms with Crippen molar-refractivity contribution in [1.29, 1.82) is 0 Å². The van der Waals surface area contributed by atoms with Gasteiger partial charge in [-0.05, 0) is 36.8 Å². The summed E-state index contributed by atoms with van der Waals surface area (Å²) in [5, 5.41) is 14.6. The highest BCUT2D eigenvalue weighted by Crippen LogP contribution is 2.33. The molecule has 0 bridgehead atoms. The third-order valence-electron chi connectivity index (χ3n) is 5.39. The Labute approximate surface area is 157 Å². The van der Waals surface area contributed by atoms with E-state index in [1.807, 2.05) is 36.4 Å². The van der Waals surface area contributed by atoms with Gasteiger partial charge in [0.2, 0.25) is 0 Å². The summed E-state index contributed by atoms with van der Waals surface area (Å²) in [5.41, 5.74) is 5.01. The molecule has 0 radical (unpaired) electrons. The van der Waals surface area contributed by atoms with E-state index in [9.17, 15) is 5.11 Å². The first-order valence-electron chi connectivity index (χ1n) is 9.30. The number of pyridine rings is 1. The first-order chi connectivity index (χ1) is 13.3. The van der Waals surface area contributed by atoms with Crippen LogP contribution in [0.3, 0.4) is 0 Å². The van der Waals surface area contributed by atoms with Crippen LogP contribution >= 0.6 is 0 Å². The van der Waals surface area contributed by atoms with Gasteiger partial charge in [0.1, 0.15) is 6.10 Å². The molecule has 5 aromatic rings. The van der Waals surface area contributed by atoms with E-state index in [1.165, 1.54) is 21.8 Å². The Morgan fingerprint density at radius 3 is 2.59 bits per heavy atom. The van der Waals surface area contributed by atoms with Crippen molar-refractivity contribution in [2.24, 2.45) is 0 Å². The van der Waals surface area contributed by atoms with E-state index in [4.69, 9.17) is 0 Å². The van der Waals surface area contributed by atoms with Gasteiger partial charge in [-0.15, -0.1) is 0 Å². The molecule has 2 aromatic heterocycles. The summed E-state index contributed by atoms with van der Waals surface area (Å²) in [6.45, 7) is 3.08. The number of benzene rings is 3. The van der Waals surface area contributed by atoms with Crippen molar-refractivity contribution in [3.8, 4) is 0 Å². The minimum absolute atomic E-state index is 0.711. The molecule has 27 heavy (non-hydrogen) atoms. The Balaban J connectivity index is 1.72. The topological polar surface area (TPSA) is 38.0 Å². The molecular formula is C24H20N2O. The van der Waals surface area contributed by atoms with Crippen molar-refractivity contribution in [3.63, 3.8) is 0 Å². The van der Waals surface area contributed by atoms with Crippen molar-refractivity contribution in [2.75, 3.05) is 0 Å². The Morgan fingerprint density at radius 1 is 0.889 bits per heavy atom. The molecule has 132 valence electrons. The van der Waals surface area contributed by atoms with Crippen LogP contribution in [0.2, 0.25) is 0 Å². The number of aryl methyl sites for hydroxylation is 1. The van der Waals surface area contributed by atoms with E-state index in [-0.39, 0.29) is 0 Å². The largest absolute Gasteiger partial charge is 0.384 e. The van der Waals surface area contributed by atoms with Gasteiger partial charge >= 0.3 is 0 Å². The summed E-state index contributed by atoms with van der Waals surface area (Å²) in [6, 6.07) is 24.6.